The van der Waals surface area contributed by atoms with Crippen LogP contribution in [0.1, 0.15) is 17.7 Å². The van der Waals surface area contributed by atoms with Crippen LogP contribution in [0.15, 0.2) is 54.4 Å². The van der Waals surface area contributed by atoms with Crippen LogP contribution in [0, 0.1) is 11.3 Å². The van der Waals surface area contributed by atoms with Crippen LogP contribution in [0.2, 0.25) is 0 Å². The van der Waals surface area contributed by atoms with E-state index in [0.717, 1.165) is 39.1 Å². The molecule has 1 N–H and O–H groups in total. The molecule has 5 nitrogen and oxygen atoms in total. The highest BCUT2D eigenvalue weighted by atomic mass is 32.1. The molecule has 0 amide bonds. The molecule has 0 radical (unpaired) electrons. The first-order valence-electron chi connectivity index (χ1n) is 9.69. The second kappa shape index (κ2) is 7.09. The third-order valence-electron chi connectivity index (χ3n) is 6.22. The Labute approximate surface area is 164 Å². The summed E-state index contributed by atoms with van der Waals surface area (Å²) in [6.07, 6.45) is 8.05. The number of aromatic nitrogens is 3. The lowest BCUT2D eigenvalue weighted by atomic mass is 9.76. The molecule has 2 fully saturated rings. The van der Waals surface area contributed by atoms with Gasteiger partial charge in [0.25, 0.3) is 0 Å². The lowest BCUT2D eigenvalue weighted by Crippen LogP contribution is -2.34. The summed E-state index contributed by atoms with van der Waals surface area (Å²) in [4.78, 5) is 17.1. The minimum absolute atomic E-state index is 0.349. The van der Waals surface area contributed by atoms with Gasteiger partial charge in [0.1, 0.15) is 0 Å². The molecule has 4 heterocycles. The van der Waals surface area contributed by atoms with Gasteiger partial charge in [-0.1, -0.05) is 30.3 Å². The molecule has 6 heteroatoms. The summed E-state index contributed by atoms with van der Waals surface area (Å²) in [7, 11) is 0. The molecule has 0 bridgehead atoms. The highest BCUT2D eigenvalue weighted by Gasteiger charge is 2.52. The number of aryl methyl sites for hydroxylation is 1. The minimum Gasteiger partial charge on any atom is -0.347 e. The van der Waals surface area contributed by atoms with E-state index in [0.29, 0.717) is 11.3 Å². The largest absolute Gasteiger partial charge is 0.347 e. The Kier molecular flexibility index (Phi) is 4.45. The molecule has 2 aliphatic rings. The molecule has 2 saturated heterocycles. The van der Waals surface area contributed by atoms with Crippen molar-refractivity contribution in [3.63, 3.8) is 0 Å². The van der Waals surface area contributed by atoms with Gasteiger partial charge < -0.3 is 9.88 Å². The first kappa shape index (κ1) is 17.0. The third kappa shape index (κ3) is 3.39. The van der Waals surface area contributed by atoms with Crippen LogP contribution in [-0.2, 0) is 13.0 Å². The lowest BCUT2D eigenvalue weighted by Gasteiger charge is -2.29. The van der Waals surface area contributed by atoms with Gasteiger partial charge in [0.05, 0.1) is 6.33 Å². The van der Waals surface area contributed by atoms with Crippen LogP contribution in [-0.4, -0.2) is 46.0 Å². The first-order valence-corrected chi connectivity index (χ1v) is 10.6. The van der Waals surface area contributed by atoms with Gasteiger partial charge in [-0.15, -0.1) is 11.3 Å². The van der Waals surface area contributed by atoms with E-state index in [9.17, 15) is 0 Å². The summed E-state index contributed by atoms with van der Waals surface area (Å²) in [6.45, 7) is 5.54. The van der Waals surface area contributed by atoms with Crippen molar-refractivity contribution in [3.8, 4) is 0 Å². The van der Waals surface area contributed by atoms with Crippen molar-refractivity contribution in [1.82, 2.24) is 19.9 Å². The zero-order valence-electron chi connectivity index (χ0n) is 15.4. The van der Waals surface area contributed by atoms with E-state index in [1.54, 1.807) is 17.7 Å². The molecule has 140 valence electrons. The highest BCUT2D eigenvalue weighted by Crippen LogP contribution is 2.47. The predicted molar refractivity (Wildman–Crippen MR) is 109 cm³/mol. The van der Waals surface area contributed by atoms with Crippen LogP contribution >= 0.6 is 11.3 Å². The number of rotatable bonds is 6. The first-order chi connectivity index (χ1) is 13.3. The Bertz CT molecular complexity index is 848. The number of benzene rings is 1. The Morgan fingerprint density at radius 3 is 2.89 bits per heavy atom. The van der Waals surface area contributed by atoms with Crippen molar-refractivity contribution in [2.75, 3.05) is 31.1 Å². The van der Waals surface area contributed by atoms with Gasteiger partial charge in [0.2, 0.25) is 0 Å². The fraction of sp³-hybridized carbons (Fsp3) is 0.429. The number of hydrogen-bond acceptors (Lipinski definition) is 5. The average molecular weight is 380 g/mol. The monoisotopic (exact) mass is 379 g/mol. The number of nitrogens with one attached hydrogen (secondary N) is 1. The molecule has 0 spiro atoms. The van der Waals surface area contributed by atoms with Gasteiger partial charge in [0.15, 0.2) is 5.13 Å². The molecule has 1 aromatic carbocycles. The molecule has 2 aliphatic heterocycles. The molecule has 2 unspecified atom stereocenters. The average Bonchev–Trinajstić information content (AvgIpc) is 3.45. The summed E-state index contributed by atoms with van der Waals surface area (Å²) in [6, 6.07) is 10.9. The quantitative estimate of drug-likeness (QED) is 0.713. The van der Waals surface area contributed by atoms with Crippen LogP contribution in [0.3, 0.4) is 0 Å². The maximum absolute atomic E-state index is 4.57. The van der Waals surface area contributed by atoms with Crippen molar-refractivity contribution in [1.29, 1.82) is 0 Å². The van der Waals surface area contributed by atoms with E-state index in [1.807, 2.05) is 12.4 Å². The van der Waals surface area contributed by atoms with Crippen LogP contribution in [0.25, 0.3) is 0 Å². The van der Waals surface area contributed by atoms with E-state index in [-0.39, 0.29) is 0 Å². The third-order valence-corrected chi connectivity index (χ3v) is 7.05. The molecular formula is C21H25N5S. The summed E-state index contributed by atoms with van der Waals surface area (Å²) in [5.74, 6) is 0.702. The number of anilines is 1. The lowest BCUT2D eigenvalue weighted by molar-refractivity contribution is 0.239. The van der Waals surface area contributed by atoms with Gasteiger partial charge in [-0.25, -0.2) is 9.97 Å². The maximum atomic E-state index is 4.57. The molecule has 5 rings (SSSR count). The molecule has 27 heavy (non-hydrogen) atoms. The normalized spacial score (nSPS) is 25.2. The topological polar surface area (TPSA) is 48.1 Å². The molecule has 0 aliphatic carbocycles. The summed E-state index contributed by atoms with van der Waals surface area (Å²) in [5, 5.41) is 3.27. The second-order valence-electron chi connectivity index (χ2n) is 7.99. The zero-order chi connectivity index (χ0) is 18.1. The summed E-state index contributed by atoms with van der Waals surface area (Å²) >= 11 is 1.76. The Morgan fingerprint density at radius 1 is 1.19 bits per heavy atom. The van der Waals surface area contributed by atoms with Gasteiger partial charge in [-0.3, -0.25) is 4.90 Å². The van der Waals surface area contributed by atoms with E-state index in [4.69, 9.17) is 0 Å². The maximum Gasteiger partial charge on any atom is 0.185 e. The number of fused-ring (bicyclic) bond motifs is 1. The van der Waals surface area contributed by atoms with Gasteiger partial charge in [0, 0.05) is 61.6 Å². The summed E-state index contributed by atoms with van der Waals surface area (Å²) in [5.41, 5.74) is 3.01. The van der Waals surface area contributed by atoms with Gasteiger partial charge in [-0.05, 0) is 24.3 Å². The van der Waals surface area contributed by atoms with E-state index >= 15 is 0 Å². The van der Waals surface area contributed by atoms with E-state index < -0.39 is 0 Å². The Hall–Kier alpha value is -2.18. The fourth-order valence-corrected chi connectivity index (χ4v) is 5.59. The number of H-pyrrole nitrogens is 1. The molecule has 0 saturated carbocycles. The number of imidazole rings is 1. The summed E-state index contributed by atoms with van der Waals surface area (Å²) < 4.78 is 0. The predicted octanol–water partition coefficient (Wildman–Crippen LogP) is 3.44. The molecular weight excluding hydrogens is 354 g/mol. The van der Waals surface area contributed by atoms with Crippen molar-refractivity contribution in [2.24, 2.45) is 11.3 Å². The minimum atomic E-state index is 0.349. The standard InChI is InChI=1S/C21H25N5S/c1-2-4-17(5-3-1)6-7-21-14-25(13-19-10-22-16-24-19)11-18(21)12-26(15-21)20-23-8-9-27-20/h1-5,8-10,16,18H,6-7,11-15H2,(H,22,24). The number of aromatic amines is 1. The van der Waals surface area contributed by atoms with Gasteiger partial charge in [-0.2, -0.15) is 0 Å². The highest BCUT2D eigenvalue weighted by molar-refractivity contribution is 7.13. The zero-order valence-corrected chi connectivity index (χ0v) is 16.2. The van der Waals surface area contributed by atoms with Crippen LogP contribution in [0.5, 0.6) is 0 Å². The second-order valence-corrected chi connectivity index (χ2v) is 8.86. The van der Waals surface area contributed by atoms with Crippen LogP contribution in [0.4, 0.5) is 5.13 Å². The Balaban J connectivity index is 1.34. The smallest absolute Gasteiger partial charge is 0.185 e. The van der Waals surface area contributed by atoms with Crippen molar-refractivity contribution >= 4 is 16.5 Å². The van der Waals surface area contributed by atoms with Crippen molar-refractivity contribution < 1.29 is 0 Å². The number of nitrogens with zero attached hydrogens (tertiary/aromatic N) is 4. The van der Waals surface area contributed by atoms with E-state index in [1.165, 1.54) is 22.8 Å². The number of thiazole rings is 1. The number of hydrogen-bond donors (Lipinski definition) is 1. The van der Waals surface area contributed by atoms with Crippen molar-refractivity contribution in [2.45, 2.75) is 19.4 Å². The van der Waals surface area contributed by atoms with Crippen molar-refractivity contribution in [3.05, 3.63) is 65.7 Å². The van der Waals surface area contributed by atoms with Gasteiger partial charge >= 0.3 is 0 Å². The SMILES string of the molecule is c1ccc(CCC23CN(Cc4cnc[nH]4)CC2CN(c2nccs2)C3)cc1. The number of likely N-dealkylation sites (tertiary alicyclic amines) is 1. The Morgan fingerprint density at radius 2 is 2.11 bits per heavy atom. The molecule has 2 aromatic heterocycles. The van der Waals surface area contributed by atoms with Crippen LogP contribution < -0.4 is 4.90 Å². The molecule has 3 aromatic rings. The molecule has 2 atom stereocenters. The fourth-order valence-electron chi connectivity index (χ4n) is 4.94. The van der Waals surface area contributed by atoms with E-state index in [2.05, 4.69) is 60.5 Å².